The number of nitro groups is 1. The molecule has 16 nitrogen and oxygen atoms in total. The van der Waals surface area contributed by atoms with Crippen LogP contribution in [0.3, 0.4) is 0 Å². The number of carbonyl (C=O) groups excluding carboxylic acids is 4. The van der Waals surface area contributed by atoms with Gasteiger partial charge in [-0.05, 0) is 77.9 Å². The number of nitrogens with zero attached hydrogens (tertiary/aromatic N) is 4. The number of aryl methyl sites for hydroxylation is 1. The summed E-state index contributed by atoms with van der Waals surface area (Å²) in [4.78, 5) is 73.4. The number of aliphatic hydroxyl groups excluding tert-OH is 1. The number of thiazole rings is 1. The van der Waals surface area contributed by atoms with Gasteiger partial charge >= 0.3 is 0 Å². The van der Waals surface area contributed by atoms with E-state index in [1.54, 1.807) is 46.6 Å². The lowest BCUT2D eigenvalue weighted by molar-refractivity contribution is -0.384. The number of para-hydroxylation sites is 1. The van der Waals surface area contributed by atoms with E-state index in [0.717, 1.165) is 44.1 Å². The molecule has 0 spiro atoms. The molecule has 0 radical (unpaired) electrons. The van der Waals surface area contributed by atoms with Crippen LogP contribution in [-0.4, -0.2) is 101 Å². The molecule has 2 unspecified atom stereocenters. The SMILES string of the molecule is Cc1ncsc1-c1ccc(C(C)NC(=O)[C@@H]2C[C@@H](O)CN2C(=O)C(NC(=O)COCCOCCOc2ccc(CN3C(=O)/C(=C\C=C\c4ccc([N+](=O)[O-])cc4)c4ccccc43)cc2)C(C)(C)C)cc1. The number of rotatable bonds is 20. The fraction of sp³-hybridized carbons (Fsp3) is 0.340. The number of amides is 4. The molecule has 1 fully saturated rings. The number of ether oxygens (including phenoxy) is 3. The molecule has 7 rings (SSSR count). The smallest absolute Gasteiger partial charge is 0.269 e. The van der Waals surface area contributed by atoms with Crippen LogP contribution in [0.1, 0.15) is 68.1 Å². The summed E-state index contributed by atoms with van der Waals surface area (Å²) in [6.45, 7) is 10.1. The third-order valence-electron chi connectivity index (χ3n) is 12.0. The Labute approximate surface area is 411 Å². The molecule has 70 heavy (non-hydrogen) atoms. The number of hydrogen-bond acceptors (Lipinski definition) is 12. The van der Waals surface area contributed by atoms with Gasteiger partial charge in [0.1, 0.15) is 31.0 Å². The molecule has 5 aromatic rings. The van der Waals surface area contributed by atoms with Gasteiger partial charge < -0.3 is 39.8 Å². The summed E-state index contributed by atoms with van der Waals surface area (Å²) in [6.07, 6.45) is 4.50. The monoisotopic (exact) mass is 970 g/mol. The fourth-order valence-electron chi connectivity index (χ4n) is 8.28. The maximum atomic E-state index is 14.0. The molecule has 4 aromatic carbocycles. The number of benzene rings is 4. The number of anilines is 1. The van der Waals surface area contributed by atoms with Crippen molar-refractivity contribution in [2.24, 2.45) is 5.41 Å². The first-order chi connectivity index (χ1) is 33.6. The Morgan fingerprint density at radius 3 is 2.33 bits per heavy atom. The molecule has 0 saturated carbocycles. The molecule has 3 heterocycles. The van der Waals surface area contributed by atoms with Crippen LogP contribution >= 0.6 is 11.3 Å². The summed E-state index contributed by atoms with van der Waals surface area (Å²) in [5, 5.41) is 27.4. The second kappa shape index (κ2) is 23.0. The predicted molar refractivity (Wildman–Crippen MR) is 268 cm³/mol. The van der Waals surface area contributed by atoms with E-state index in [4.69, 9.17) is 14.2 Å². The lowest BCUT2D eigenvalue weighted by atomic mass is 9.85. The summed E-state index contributed by atoms with van der Waals surface area (Å²) in [5.41, 5.74) is 7.82. The van der Waals surface area contributed by atoms with Crippen LogP contribution in [0.4, 0.5) is 11.4 Å². The van der Waals surface area contributed by atoms with Gasteiger partial charge in [0.2, 0.25) is 17.7 Å². The van der Waals surface area contributed by atoms with Crippen molar-refractivity contribution in [3.8, 4) is 16.2 Å². The number of likely N-dealkylation sites (tertiary alicyclic amines) is 1. The average molecular weight is 971 g/mol. The molecule has 4 atom stereocenters. The molecule has 3 N–H and O–H groups in total. The normalized spacial score (nSPS) is 17.2. The van der Waals surface area contributed by atoms with Gasteiger partial charge in [0.15, 0.2) is 0 Å². The van der Waals surface area contributed by atoms with Gasteiger partial charge in [-0.2, -0.15) is 0 Å². The molecule has 2 aliphatic rings. The van der Waals surface area contributed by atoms with Gasteiger partial charge in [0.25, 0.3) is 11.6 Å². The quantitative estimate of drug-likeness (QED) is 0.0303. The highest BCUT2D eigenvalue weighted by Gasteiger charge is 2.45. The number of aliphatic hydroxyl groups is 1. The third kappa shape index (κ3) is 12.8. The number of non-ortho nitro benzene ring substituents is 1. The van der Waals surface area contributed by atoms with Crippen molar-refractivity contribution in [2.45, 2.75) is 71.8 Å². The van der Waals surface area contributed by atoms with Crippen molar-refractivity contribution in [1.29, 1.82) is 0 Å². The minimum atomic E-state index is -0.992. The van der Waals surface area contributed by atoms with Crippen molar-refractivity contribution in [3.63, 3.8) is 0 Å². The molecule has 0 bridgehead atoms. The van der Waals surface area contributed by atoms with Crippen LogP contribution in [0.25, 0.3) is 22.1 Å². The topological polar surface area (TPSA) is 203 Å². The van der Waals surface area contributed by atoms with Crippen molar-refractivity contribution in [3.05, 3.63) is 153 Å². The van der Waals surface area contributed by atoms with E-state index in [1.807, 2.05) is 113 Å². The molecule has 2 aliphatic heterocycles. The summed E-state index contributed by atoms with van der Waals surface area (Å²) in [7, 11) is 0. The first kappa shape index (κ1) is 50.8. The number of nitro benzene ring substituents is 1. The van der Waals surface area contributed by atoms with Crippen LogP contribution in [0.15, 0.2) is 115 Å². The van der Waals surface area contributed by atoms with Crippen LogP contribution in [0.5, 0.6) is 5.75 Å². The molecule has 366 valence electrons. The Kier molecular flexibility index (Phi) is 16.7. The van der Waals surface area contributed by atoms with E-state index in [0.29, 0.717) is 17.9 Å². The second-order valence-electron chi connectivity index (χ2n) is 18.2. The zero-order chi connectivity index (χ0) is 50.0. The number of allylic oxidation sites excluding steroid dienone is 2. The third-order valence-corrected chi connectivity index (χ3v) is 13.0. The maximum Gasteiger partial charge on any atom is 0.269 e. The number of aromatic nitrogens is 1. The Balaban J connectivity index is 0.813. The largest absolute Gasteiger partial charge is 0.491 e. The summed E-state index contributed by atoms with van der Waals surface area (Å²) in [5.74, 6) is -0.861. The first-order valence-corrected chi connectivity index (χ1v) is 24.0. The van der Waals surface area contributed by atoms with E-state index in [9.17, 15) is 34.4 Å². The van der Waals surface area contributed by atoms with E-state index < -0.39 is 40.3 Å². The zero-order valence-corrected chi connectivity index (χ0v) is 40.6. The summed E-state index contributed by atoms with van der Waals surface area (Å²) < 4.78 is 17.1. The van der Waals surface area contributed by atoms with Crippen molar-refractivity contribution in [2.75, 3.05) is 44.5 Å². The molecular formula is C53H58N6O10S. The van der Waals surface area contributed by atoms with Crippen LogP contribution < -0.4 is 20.3 Å². The van der Waals surface area contributed by atoms with Gasteiger partial charge in [-0.3, -0.25) is 29.3 Å². The van der Waals surface area contributed by atoms with E-state index in [1.165, 1.54) is 17.0 Å². The molecule has 4 amide bonds. The van der Waals surface area contributed by atoms with Crippen LogP contribution in [0.2, 0.25) is 0 Å². The maximum absolute atomic E-state index is 14.0. The lowest BCUT2D eigenvalue weighted by Gasteiger charge is -2.35. The molecular weight excluding hydrogens is 913 g/mol. The van der Waals surface area contributed by atoms with Crippen molar-refractivity contribution in [1.82, 2.24) is 20.5 Å². The fourth-order valence-corrected chi connectivity index (χ4v) is 9.09. The zero-order valence-electron chi connectivity index (χ0n) is 39.8. The Morgan fingerprint density at radius 2 is 1.64 bits per heavy atom. The van der Waals surface area contributed by atoms with Crippen molar-refractivity contribution >= 4 is 58.0 Å². The van der Waals surface area contributed by atoms with Crippen LogP contribution in [0, 0.1) is 22.5 Å². The second-order valence-corrected chi connectivity index (χ2v) is 19.1. The number of fused-ring (bicyclic) bond motifs is 1. The molecule has 1 aromatic heterocycles. The number of nitrogens with one attached hydrogen (secondary N) is 2. The predicted octanol–water partition coefficient (Wildman–Crippen LogP) is 7.45. The van der Waals surface area contributed by atoms with Gasteiger partial charge in [0.05, 0.1) is 65.2 Å². The van der Waals surface area contributed by atoms with Gasteiger partial charge in [-0.1, -0.05) is 87.5 Å². The van der Waals surface area contributed by atoms with Gasteiger partial charge in [-0.25, -0.2) is 4.98 Å². The Hall–Kier alpha value is -7.05. The molecule has 1 saturated heterocycles. The minimum absolute atomic E-state index is 0.0108. The number of β-amino-alcohol motifs (C(OH)–C–C–N with tert-alkyl or cyclic N) is 1. The first-order valence-electron chi connectivity index (χ1n) is 23.1. The van der Waals surface area contributed by atoms with Gasteiger partial charge in [-0.15, -0.1) is 11.3 Å². The Bertz CT molecular complexity index is 2710. The molecule has 0 aliphatic carbocycles. The van der Waals surface area contributed by atoms with Crippen LogP contribution in [-0.2, 0) is 35.2 Å². The van der Waals surface area contributed by atoms with Crippen molar-refractivity contribution < 1.29 is 43.4 Å². The molecule has 17 heteroatoms. The average Bonchev–Trinajstić information content (AvgIpc) is 4.03. The Morgan fingerprint density at radius 1 is 0.943 bits per heavy atom. The standard InChI is InChI=1S/C53H58N6O10S/c1-34(38-17-19-39(20-18-38)48-35(2)54-33-70-48)55-50(62)46-29-41(60)31-58(46)52(64)49(53(3,4)5)56-47(61)32-68-26-25-67-27-28-69-42-23-15-37(16-24-42)30-57-45-12-7-6-10-43(45)44(51(57)63)11-8-9-36-13-21-40(22-14-36)59(65)66/h6-24,33-34,41,46,49,60H,25-32H2,1-5H3,(H,55,62)(H,56,61)/b9-8+,44-11-/t34?,41-,46+,49?/m1/s1. The lowest BCUT2D eigenvalue weighted by Crippen LogP contribution is -2.58. The minimum Gasteiger partial charge on any atom is -0.491 e. The van der Waals surface area contributed by atoms with E-state index in [2.05, 4.69) is 15.6 Å². The van der Waals surface area contributed by atoms with E-state index in [-0.39, 0.29) is 69.5 Å². The highest BCUT2D eigenvalue weighted by Crippen LogP contribution is 2.38. The number of carbonyl (C=O) groups is 4. The van der Waals surface area contributed by atoms with E-state index >= 15 is 0 Å². The highest BCUT2D eigenvalue weighted by molar-refractivity contribution is 7.13. The summed E-state index contributed by atoms with van der Waals surface area (Å²) in [6, 6.07) is 26.9. The summed E-state index contributed by atoms with van der Waals surface area (Å²) >= 11 is 1.57. The van der Waals surface area contributed by atoms with Gasteiger partial charge in [0, 0.05) is 36.2 Å². The number of hydrogen-bond donors (Lipinski definition) is 3. The highest BCUT2D eigenvalue weighted by atomic mass is 32.1.